The monoisotopic (exact) mass is 1560 g/mol. The largest absolute Gasteiger partial charge is 0.472 e. The lowest BCUT2D eigenvalue weighted by atomic mass is 10.0. The lowest BCUT2D eigenvalue weighted by Gasteiger charge is -2.21. The third-order valence-electron chi connectivity index (χ3n) is 20.7. The molecule has 0 aliphatic heterocycles. The van der Waals surface area contributed by atoms with Crippen LogP contribution in [0.4, 0.5) is 0 Å². The number of aliphatic hydroxyl groups is 1. The van der Waals surface area contributed by atoms with Crippen molar-refractivity contribution in [2.24, 2.45) is 11.8 Å². The van der Waals surface area contributed by atoms with Gasteiger partial charge in [0, 0.05) is 25.7 Å². The van der Waals surface area contributed by atoms with Gasteiger partial charge in [-0.05, 0) is 37.5 Å². The lowest BCUT2D eigenvalue weighted by molar-refractivity contribution is -0.161. The zero-order chi connectivity index (χ0) is 78.5. The lowest BCUT2D eigenvalue weighted by Crippen LogP contribution is -2.30. The molecule has 0 spiro atoms. The second-order valence-corrected chi connectivity index (χ2v) is 35.5. The Balaban J connectivity index is 5.15. The summed E-state index contributed by atoms with van der Waals surface area (Å²) in [5.41, 5.74) is 0. The van der Waals surface area contributed by atoms with Crippen molar-refractivity contribution in [3.63, 3.8) is 0 Å². The molecule has 0 heterocycles. The fourth-order valence-corrected chi connectivity index (χ4v) is 15.4. The van der Waals surface area contributed by atoms with E-state index in [1.165, 1.54) is 276 Å². The number of aliphatic hydroxyl groups excluding tert-OH is 1. The van der Waals surface area contributed by atoms with Crippen LogP contribution in [0.2, 0.25) is 0 Å². The highest BCUT2D eigenvalue weighted by molar-refractivity contribution is 7.47. The van der Waals surface area contributed by atoms with E-state index in [2.05, 4.69) is 41.5 Å². The minimum Gasteiger partial charge on any atom is -0.462 e. The minimum atomic E-state index is -4.97. The van der Waals surface area contributed by atoms with Crippen molar-refractivity contribution >= 4 is 39.5 Å². The molecule has 17 nitrogen and oxygen atoms in total. The number of carbonyl (C=O) groups excluding carboxylic acids is 4. The van der Waals surface area contributed by atoms with Crippen molar-refractivity contribution < 1.29 is 80.2 Å². The Labute approximate surface area is 658 Å². The van der Waals surface area contributed by atoms with Crippen molar-refractivity contribution in [3.05, 3.63) is 0 Å². The second-order valence-electron chi connectivity index (χ2n) is 32.6. The van der Waals surface area contributed by atoms with E-state index in [-0.39, 0.29) is 25.7 Å². The number of unbranched alkanes of at least 4 members (excludes halogenated alkanes) is 57. The van der Waals surface area contributed by atoms with E-state index >= 15 is 0 Å². The van der Waals surface area contributed by atoms with Gasteiger partial charge in [-0.2, -0.15) is 0 Å². The van der Waals surface area contributed by atoms with Crippen LogP contribution in [0.25, 0.3) is 0 Å². The van der Waals surface area contributed by atoms with Gasteiger partial charge in [0.05, 0.1) is 26.4 Å². The standard InChI is InChI=1S/C88H172O17P2/c1-7-9-11-13-15-16-17-18-19-20-27-33-38-43-48-54-60-66-72-87(92)104-83(76-98-85(90)70-64-58-50-14-12-10-8-2)78-102-106(94,95)100-74-82(89)75-101-107(96,97)103-79-84(105-88(93)73-67-61-55-49-44-39-34-29-24-22-26-31-36-41-46-52-57-63-69-81(5)6)77-99-86(91)71-65-59-53-47-42-37-32-28-23-21-25-30-35-40-45-51-56-62-68-80(3)4/h80-84,89H,7-79H2,1-6H3,(H,94,95)(H,96,97)/t82-,83+,84+/m0/s1. The molecule has 0 aliphatic rings. The summed E-state index contributed by atoms with van der Waals surface area (Å²) < 4.78 is 68.8. The van der Waals surface area contributed by atoms with Crippen molar-refractivity contribution in [1.29, 1.82) is 0 Å². The van der Waals surface area contributed by atoms with Gasteiger partial charge < -0.3 is 33.8 Å². The predicted octanol–water partition coefficient (Wildman–Crippen LogP) is 27.0. The maximum Gasteiger partial charge on any atom is 0.472 e. The van der Waals surface area contributed by atoms with Crippen LogP contribution < -0.4 is 0 Å². The van der Waals surface area contributed by atoms with E-state index in [1.54, 1.807) is 0 Å². The Bertz CT molecular complexity index is 2050. The first-order valence-electron chi connectivity index (χ1n) is 45.5. The SMILES string of the molecule is CCCCCCCCCCCCCCCCCCCCC(=O)O[C@H](COC(=O)CCCCCCCCC)COP(=O)(O)OC[C@H](O)COP(=O)(O)OC[C@@H](COC(=O)CCCCCCCCCCCCCCCCCCCCC(C)C)OC(=O)CCCCCCCCCCCCCCCCCCCCC(C)C. The number of hydrogen-bond acceptors (Lipinski definition) is 15. The highest BCUT2D eigenvalue weighted by Gasteiger charge is 2.30. The van der Waals surface area contributed by atoms with Crippen LogP contribution in [0.15, 0.2) is 0 Å². The molecule has 0 aliphatic carbocycles. The van der Waals surface area contributed by atoms with Gasteiger partial charge in [-0.15, -0.1) is 0 Å². The Kier molecular flexibility index (Phi) is 77.9. The van der Waals surface area contributed by atoms with Crippen LogP contribution in [0.1, 0.15) is 472 Å². The summed E-state index contributed by atoms with van der Waals surface area (Å²) in [7, 11) is -9.92. The molecule has 107 heavy (non-hydrogen) atoms. The van der Waals surface area contributed by atoms with Crippen LogP contribution >= 0.6 is 15.6 Å². The first kappa shape index (κ1) is 105. The molecular formula is C88H172O17P2. The predicted molar refractivity (Wildman–Crippen MR) is 442 cm³/mol. The molecule has 3 N–H and O–H groups in total. The van der Waals surface area contributed by atoms with E-state index in [0.29, 0.717) is 25.7 Å². The van der Waals surface area contributed by atoms with Crippen LogP contribution in [-0.4, -0.2) is 96.7 Å². The van der Waals surface area contributed by atoms with Gasteiger partial charge in [0.15, 0.2) is 12.2 Å². The number of phosphoric acid groups is 2. The van der Waals surface area contributed by atoms with Gasteiger partial charge in [0.2, 0.25) is 0 Å². The summed E-state index contributed by atoms with van der Waals surface area (Å²) in [6, 6.07) is 0. The van der Waals surface area contributed by atoms with Crippen LogP contribution in [-0.2, 0) is 65.4 Å². The zero-order valence-electron chi connectivity index (χ0n) is 70.5. The van der Waals surface area contributed by atoms with E-state index in [1.807, 2.05) is 0 Å². The van der Waals surface area contributed by atoms with Crippen molar-refractivity contribution in [2.45, 2.75) is 490 Å². The molecule has 0 amide bonds. The molecule has 5 atom stereocenters. The maximum absolute atomic E-state index is 13.1. The molecule has 636 valence electrons. The normalized spacial score (nSPS) is 13.8. The zero-order valence-corrected chi connectivity index (χ0v) is 72.2. The average Bonchev–Trinajstić information content (AvgIpc) is 0.906. The number of ether oxygens (including phenoxy) is 4. The van der Waals surface area contributed by atoms with E-state index in [0.717, 1.165) is 115 Å². The molecule has 0 saturated carbocycles. The molecule has 0 bridgehead atoms. The number of carbonyl (C=O) groups is 4. The Morgan fingerprint density at radius 3 is 0.636 bits per heavy atom. The molecular weight excluding hydrogens is 1390 g/mol. The summed E-state index contributed by atoms with van der Waals surface area (Å²) in [6.45, 7) is 9.71. The topological polar surface area (TPSA) is 237 Å². The summed E-state index contributed by atoms with van der Waals surface area (Å²) in [5.74, 6) is -0.461. The first-order valence-corrected chi connectivity index (χ1v) is 48.5. The summed E-state index contributed by atoms with van der Waals surface area (Å²) in [5, 5.41) is 10.7. The van der Waals surface area contributed by atoms with Gasteiger partial charge in [0.1, 0.15) is 19.3 Å². The highest BCUT2D eigenvalue weighted by atomic mass is 31.2. The van der Waals surface area contributed by atoms with E-state index < -0.39 is 97.5 Å². The van der Waals surface area contributed by atoms with Crippen molar-refractivity contribution in [1.82, 2.24) is 0 Å². The molecule has 0 rings (SSSR count). The Hall–Kier alpha value is -1.94. The Morgan fingerprint density at radius 2 is 0.430 bits per heavy atom. The molecule has 0 aromatic rings. The summed E-state index contributed by atoms with van der Waals surface area (Å²) in [6.07, 6.45) is 72.5. The fourth-order valence-electron chi connectivity index (χ4n) is 13.8. The number of hydrogen-bond donors (Lipinski definition) is 3. The average molecular weight is 1560 g/mol. The maximum atomic E-state index is 13.1. The molecule has 0 aromatic heterocycles. The molecule has 2 unspecified atom stereocenters. The van der Waals surface area contributed by atoms with Crippen LogP contribution in [0.3, 0.4) is 0 Å². The van der Waals surface area contributed by atoms with E-state index in [9.17, 15) is 43.2 Å². The number of esters is 4. The fraction of sp³-hybridized carbons (Fsp3) is 0.955. The minimum absolute atomic E-state index is 0.108. The highest BCUT2D eigenvalue weighted by Crippen LogP contribution is 2.45. The molecule has 19 heteroatoms. The quantitative estimate of drug-likeness (QED) is 0.0222. The van der Waals surface area contributed by atoms with Gasteiger partial charge in [-0.25, -0.2) is 9.13 Å². The summed E-state index contributed by atoms with van der Waals surface area (Å²) >= 11 is 0. The van der Waals surface area contributed by atoms with E-state index in [4.69, 9.17) is 37.0 Å². The van der Waals surface area contributed by atoms with Gasteiger partial charge in [0.25, 0.3) is 0 Å². The first-order chi connectivity index (χ1) is 51.9. The summed E-state index contributed by atoms with van der Waals surface area (Å²) in [4.78, 5) is 73.1. The molecule has 0 aromatic carbocycles. The number of rotatable bonds is 87. The van der Waals surface area contributed by atoms with Crippen molar-refractivity contribution in [2.75, 3.05) is 39.6 Å². The molecule has 0 saturated heterocycles. The molecule has 0 fully saturated rings. The second kappa shape index (κ2) is 79.3. The van der Waals surface area contributed by atoms with Crippen LogP contribution in [0.5, 0.6) is 0 Å². The third-order valence-corrected chi connectivity index (χ3v) is 22.6. The smallest absolute Gasteiger partial charge is 0.462 e. The van der Waals surface area contributed by atoms with Crippen LogP contribution in [0, 0.1) is 11.8 Å². The van der Waals surface area contributed by atoms with Gasteiger partial charge in [-0.3, -0.25) is 37.3 Å². The Morgan fingerprint density at radius 1 is 0.252 bits per heavy atom. The number of phosphoric ester groups is 2. The molecule has 0 radical (unpaired) electrons. The third kappa shape index (κ3) is 81.9. The van der Waals surface area contributed by atoms with Gasteiger partial charge >= 0.3 is 39.5 Å². The van der Waals surface area contributed by atoms with Gasteiger partial charge in [-0.1, -0.05) is 420 Å². The van der Waals surface area contributed by atoms with Crippen molar-refractivity contribution in [3.8, 4) is 0 Å².